The molecule has 0 saturated carbocycles. The van der Waals surface area contributed by atoms with Gasteiger partial charge in [-0.1, -0.05) is 61.9 Å². The molecule has 3 heterocycles. The second-order valence-corrected chi connectivity index (χ2v) is 7.47. The molecule has 0 unspecified atom stereocenters. The Balaban J connectivity index is 1.52. The first-order valence-corrected chi connectivity index (χ1v) is 10.3. The number of benzene rings is 2. The molecule has 5 rings (SSSR count). The zero-order chi connectivity index (χ0) is 22.1. The molecule has 10 nitrogen and oxygen atoms in total. The maximum atomic E-state index is 12.8. The number of aromatic amines is 3. The van der Waals surface area contributed by atoms with Crippen molar-refractivity contribution in [1.82, 2.24) is 40.2 Å². The predicted octanol–water partition coefficient (Wildman–Crippen LogP) is 2.10. The molecule has 0 aliphatic rings. The van der Waals surface area contributed by atoms with E-state index in [9.17, 15) is 9.59 Å². The smallest absolute Gasteiger partial charge is 0.290 e. The lowest BCUT2D eigenvalue weighted by molar-refractivity contribution is 0.806. The minimum atomic E-state index is -0.352. The van der Waals surface area contributed by atoms with Crippen molar-refractivity contribution in [3.05, 3.63) is 86.2 Å². The molecule has 0 saturated heterocycles. The standard InChI is InChI=1S/C22H20N8O2/c1-2-5-18-17(20(31)23-21-26-27-22(32)30(18)21)12-13-8-10-14(11-9-13)15-6-3-4-7-16(15)19-24-28-29-25-19/h3-4,6-11H,2,5,12H2,1H3,(H,27,32)(H,23,26,31)(H,24,25,28,29). The van der Waals surface area contributed by atoms with E-state index < -0.39 is 0 Å². The van der Waals surface area contributed by atoms with Gasteiger partial charge in [0.05, 0.1) is 0 Å². The average molecular weight is 428 g/mol. The van der Waals surface area contributed by atoms with Crippen molar-refractivity contribution in [3.8, 4) is 22.5 Å². The van der Waals surface area contributed by atoms with Crippen LogP contribution in [0.25, 0.3) is 28.3 Å². The van der Waals surface area contributed by atoms with Crippen molar-refractivity contribution in [2.45, 2.75) is 26.2 Å². The van der Waals surface area contributed by atoms with Crippen LogP contribution in [-0.4, -0.2) is 40.2 Å². The number of nitrogens with one attached hydrogen (secondary N) is 3. The molecule has 10 heteroatoms. The van der Waals surface area contributed by atoms with E-state index in [4.69, 9.17) is 0 Å². The van der Waals surface area contributed by atoms with Gasteiger partial charge >= 0.3 is 5.69 Å². The van der Waals surface area contributed by atoms with Crippen LogP contribution in [0.1, 0.15) is 30.2 Å². The van der Waals surface area contributed by atoms with Crippen LogP contribution in [0.3, 0.4) is 0 Å². The van der Waals surface area contributed by atoms with E-state index in [1.165, 1.54) is 4.40 Å². The third-order valence-electron chi connectivity index (χ3n) is 5.44. The van der Waals surface area contributed by atoms with Crippen molar-refractivity contribution >= 4 is 5.78 Å². The van der Waals surface area contributed by atoms with Crippen molar-refractivity contribution in [2.24, 2.45) is 0 Å². The van der Waals surface area contributed by atoms with Crippen LogP contribution in [0.5, 0.6) is 0 Å². The summed E-state index contributed by atoms with van der Waals surface area (Å²) in [4.78, 5) is 27.7. The number of nitrogens with zero attached hydrogens (tertiary/aromatic N) is 5. The summed E-state index contributed by atoms with van der Waals surface area (Å²) in [5.41, 5.74) is 4.50. The predicted molar refractivity (Wildman–Crippen MR) is 118 cm³/mol. The minimum Gasteiger partial charge on any atom is -0.290 e. The zero-order valence-electron chi connectivity index (χ0n) is 17.3. The quantitative estimate of drug-likeness (QED) is 0.379. The summed E-state index contributed by atoms with van der Waals surface area (Å²) in [5.74, 6) is 0.764. The Morgan fingerprint density at radius 1 is 0.969 bits per heavy atom. The molecule has 0 atom stereocenters. The van der Waals surface area contributed by atoms with Crippen molar-refractivity contribution < 1.29 is 0 Å². The number of hydrogen-bond donors (Lipinski definition) is 3. The fourth-order valence-electron chi connectivity index (χ4n) is 3.97. The van der Waals surface area contributed by atoms with Gasteiger partial charge in [-0.2, -0.15) is 5.21 Å². The summed E-state index contributed by atoms with van der Waals surface area (Å²) in [6.45, 7) is 2.01. The number of H-pyrrole nitrogens is 3. The largest absolute Gasteiger partial charge is 0.349 e. The maximum absolute atomic E-state index is 12.8. The second-order valence-electron chi connectivity index (χ2n) is 7.47. The molecule has 3 aromatic heterocycles. The molecular formula is C22H20N8O2. The molecule has 5 aromatic rings. The molecule has 0 aliphatic carbocycles. The Labute approximate surface area is 181 Å². The van der Waals surface area contributed by atoms with E-state index in [-0.39, 0.29) is 17.0 Å². The van der Waals surface area contributed by atoms with Gasteiger partial charge in [0.15, 0.2) is 0 Å². The highest BCUT2D eigenvalue weighted by Gasteiger charge is 2.16. The van der Waals surface area contributed by atoms with E-state index in [2.05, 4.69) is 35.8 Å². The monoisotopic (exact) mass is 428 g/mol. The topological polar surface area (TPSA) is 137 Å². The Kier molecular flexibility index (Phi) is 4.94. The van der Waals surface area contributed by atoms with E-state index in [0.717, 1.165) is 28.7 Å². The highest BCUT2D eigenvalue weighted by Crippen LogP contribution is 2.30. The number of hydrogen-bond acceptors (Lipinski definition) is 6. The number of rotatable bonds is 6. The lowest BCUT2D eigenvalue weighted by Gasteiger charge is -2.11. The number of aryl methyl sites for hydroxylation is 1. The van der Waals surface area contributed by atoms with Crippen LogP contribution < -0.4 is 11.2 Å². The zero-order valence-corrected chi connectivity index (χ0v) is 17.3. The van der Waals surface area contributed by atoms with Gasteiger partial charge in [-0.15, -0.1) is 15.3 Å². The van der Waals surface area contributed by atoms with Gasteiger partial charge < -0.3 is 0 Å². The second kappa shape index (κ2) is 8.06. The van der Waals surface area contributed by atoms with Gasteiger partial charge in [0.1, 0.15) is 0 Å². The Morgan fingerprint density at radius 2 is 1.75 bits per heavy atom. The molecule has 3 N–H and O–H groups in total. The Morgan fingerprint density at radius 3 is 2.47 bits per heavy atom. The van der Waals surface area contributed by atoms with Gasteiger partial charge in [0.2, 0.25) is 11.6 Å². The average Bonchev–Trinajstić information content (AvgIpc) is 3.47. The van der Waals surface area contributed by atoms with Crippen molar-refractivity contribution in [1.29, 1.82) is 0 Å². The van der Waals surface area contributed by atoms with Crippen LogP contribution in [0, 0.1) is 0 Å². The first kappa shape index (κ1) is 19.6. The van der Waals surface area contributed by atoms with Crippen LogP contribution >= 0.6 is 0 Å². The Bertz CT molecular complexity index is 1490. The van der Waals surface area contributed by atoms with Gasteiger partial charge in [-0.25, -0.2) is 14.3 Å². The summed E-state index contributed by atoms with van der Waals surface area (Å²) in [6, 6.07) is 15.8. The third-order valence-corrected chi connectivity index (χ3v) is 5.44. The fourth-order valence-corrected chi connectivity index (χ4v) is 3.97. The fraction of sp³-hybridized carbons (Fsp3) is 0.182. The van der Waals surface area contributed by atoms with Gasteiger partial charge in [0.25, 0.3) is 5.56 Å². The number of aromatic nitrogens is 8. The van der Waals surface area contributed by atoms with E-state index in [1.807, 2.05) is 55.5 Å². The SMILES string of the molecule is CCCc1c(Cc2ccc(-c3ccccc3-c3nn[nH]n3)cc2)c(=O)[nH]c2n[nH]c(=O)n12. The molecule has 0 fully saturated rings. The lowest BCUT2D eigenvalue weighted by Crippen LogP contribution is -2.24. The number of tetrazole rings is 1. The molecule has 160 valence electrons. The van der Waals surface area contributed by atoms with E-state index in [1.54, 1.807) is 0 Å². The first-order chi connectivity index (χ1) is 15.7. The molecule has 0 bridgehead atoms. The summed E-state index contributed by atoms with van der Waals surface area (Å²) < 4.78 is 1.45. The summed E-state index contributed by atoms with van der Waals surface area (Å²) in [7, 11) is 0. The summed E-state index contributed by atoms with van der Waals surface area (Å²) >= 11 is 0. The van der Waals surface area contributed by atoms with Gasteiger partial charge in [0, 0.05) is 23.2 Å². The molecule has 0 aliphatic heterocycles. The third kappa shape index (κ3) is 3.41. The summed E-state index contributed by atoms with van der Waals surface area (Å²) in [6.07, 6.45) is 1.81. The molecule has 0 amide bonds. The Hall–Kier alpha value is -4.34. The maximum Gasteiger partial charge on any atom is 0.349 e. The molecule has 32 heavy (non-hydrogen) atoms. The molecule has 2 aromatic carbocycles. The highest BCUT2D eigenvalue weighted by atomic mass is 16.2. The highest BCUT2D eigenvalue weighted by molar-refractivity contribution is 5.80. The van der Waals surface area contributed by atoms with Gasteiger partial charge in [-0.3, -0.25) is 9.78 Å². The normalized spacial score (nSPS) is 11.3. The van der Waals surface area contributed by atoms with Crippen LogP contribution in [-0.2, 0) is 12.8 Å². The molecule has 0 radical (unpaired) electrons. The van der Waals surface area contributed by atoms with E-state index in [0.29, 0.717) is 29.9 Å². The van der Waals surface area contributed by atoms with E-state index >= 15 is 0 Å². The van der Waals surface area contributed by atoms with Gasteiger partial charge in [-0.05, 0) is 28.3 Å². The van der Waals surface area contributed by atoms with Crippen LogP contribution in [0.2, 0.25) is 0 Å². The lowest BCUT2D eigenvalue weighted by atomic mass is 9.96. The van der Waals surface area contributed by atoms with Crippen molar-refractivity contribution in [3.63, 3.8) is 0 Å². The number of fused-ring (bicyclic) bond motifs is 1. The van der Waals surface area contributed by atoms with Crippen molar-refractivity contribution in [2.75, 3.05) is 0 Å². The summed E-state index contributed by atoms with van der Waals surface area (Å²) in [5, 5.41) is 20.6. The first-order valence-electron chi connectivity index (χ1n) is 10.3. The van der Waals surface area contributed by atoms with Crippen LogP contribution in [0.4, 0.5) is 0 Å². The minimum absolute atomic E-state index is 0.230. The molecular weight excluding hydrogens is 408 g/mol. The van der Waals surface area contributed by atoms with Crippen LogP contribution in [0.15, 0.2) is 58.1 Å². The molecule has 0 spiro atoms.